The molecule has 0 fully saturated rings. The van der Waals surface area contributed by atoms with Gasteiger partial charge < -0.3 is 4.57 Å². The van der Waals surface area contributed by atoms with Gasteiger partial charge in [0.25, 0.3) is 5.91 Å². The van der Waals surface area contributed by atoms with Crippen LogP contribution in [0.3, 0.4) is 0 Å². The zero-order valence-corrected chi connectivity index (χ0v) is 15.1. The standard InChI is InChI=1S/C18H18N6OS/c1-2-24-17(15-8-4-3-5-9-15)22-23-18(24)26-13-16(25)21-20-12-14-7-6-10-19-11-14/h3-12H,2,13H2,1H3,(H,21,25)/b20-12+. The minimum atomic E-state index is -0.206. The van der Waals surface area contributed by atoms with Crippen LogP contribution in [0.25, 0.3) is 11.4 Å². The summed E-state index contributed by atoms with van der Waals surface area (Å²) < 4.78 is 1.99. The molecule has 2 aromatic heterocycles. The number of hydrazone groups is 1. The number of aromatic nitrogens is 4. The lowest BCUT2D eigenvalue weighted by molar-refractivity contribution is -0.118. The Balaban J connectivity index is 1.58. The van der Waals surface area contributed by atoms with Gasteiger partial charge in [-0.2, -0.15) is 5.10 Å². The summed E-state index contributed by atoms with van der Waals surface area (Å²) in [5, 5.41) is 13.1. The van der Waals surface area contributed by atoms with E-state index < -0.39 is 0 Å². The predicted molar refractivity (Wildman–Crippen MR) is 102 cm³/mol. The number of carbonyl (C=O) groups is 1. The van der Waals surface area contributed by atoms with Crippen molar-refractivity contribution in [2.24, 2.45) is 5.10 Å². The Hall–Kier alpha value is -3.00. The van der Waals surface area contributed by atoms with Crippen LogP contribution in [0.5, 0.6) is 0 Å². The van der Waals surface area contributed by atoms with E-state index in [2.05, 4.69) is 25.7 Å². The van der Waals surface area contributed by atoms with Crippen LogP contribution in [0.1, 0.15) is 12.5 Å². The van der Waals surface area contributed by atoms with Gasteiger partial charge in [0.2, 0.25) is 0 Å². The second-order valence-electron chi connectivity index (χ2n) is 5.28. The van der Waals surface area contributed by atoms with Crippen LogP contribution in [0, 0.1) is 0 Å². The number of hydrogen-bond acceptors (Lipinski definition) is 6. The van der Waals surface area contributed by atoms with E-state index >= 15 is 0 Å². The van der Waals surface area contributed by atoms with Crippen molar-refractivity contribution >= 4 is 23.9 Å². The van der Waals surface area contributed by atoms with E-state index in [1.807, 2.05) is 47.9 Å². The number of thioether (sulfide) groups is 1. The Labute approximate surface area is 155 Å². The van der Waals surface area contributed by atoms with Crippen LogP contribution < -0.4 is 5.43 Å². The minimum absolute atomic E-state index is 0.206. The van der Waals surface area contributed by atoms with Gasteiger partial charge in [-0.1, -0.05) is 48.2 Å². The summed E-state index contributed by atoms with van der Waals surface area (Å²) in [5.41, 5.74) is 4.32. The lowest BCUT2D eigenvalue weighted by atomic mass is 10.2. The monoisotopic (exact) mass is 366 g/mol. The second kappa shape index (κ2) is 8.91. The van der Waals surface area contributed by atoms with Gasteiger partial charge in [-0.3, -0.25) is 9.78 Å². The number of hydrogen-bond donors (Lipinski definition) is 1. The molecule has 0 unspecified atom stereocenters. The molecule has 7 nitrogen and oxygen atoms in total. The number of amides is 1. The highest BCUT2D eigenvalue weighted by Gasteiger charge is 2.14. The van der Waals surface area contributed by atoms with Crippen molar-refractivity contribution in [3.63, 3.8) is 0 Å². The minimum Gasteiger partial charge on any atom is -0.302 e. The van der Waals surface area contributed by atoms with E-state index in [-0.39, 0.29) is 11.7 Å². The molecule has 132 valence electrons. The lowest BCUT2D eigenvalue weighted by Crippen LogP contribution is -2.20. The number of nitrogens with one attached hydrogen (secondary N) is 1. The summed E-state index contributed by atoms with van der Waals surface area (Å²) >= 11 is 1.33. The third-order valence-electron chi connectivity index (χ3n) is 3.48. The Morgan fingerprint density at radius 3 is 2.81 bits per heavy atom. The first-order valence-electron chi connectivity index (χ1n) is 8.11. The van der Waals surface area contributed by atoms with Gasteiger partial charge in [-0.05, 0) is 13.0 Å². The summed E-state index contributed by atoms with van der Waals surface area (Å²) in [6.07, 6.45) is 4.90. The highest BCUT2D eigenvalue weighted by molar-refractivity contribution is 7.99. The molecule has 0 radical (unpaired) electrons. The number of nitrogens with zero attached hydrogens (tertiary/aromatic N) is 5. The van der Waals surface area contributed by atoms with Crippen molar-refractivity contribution in [2.75, 3.05) is 5.75 Å². The maximum Gasteiger partial charge on any atom is 0.250 e. The van der Waals surface area contributed by atoms with Crippen molar-refractivity contribution in [2.45, 2.75) is 18.6 Å². The van der Waals surface area contributed by atoms with Crippen molar-refractivity contribution < 1.29 is 4.79 Å². The topological polar surface area (TPSA) is 85.1 Å². The maximum atomic E-state index is 12.0. The molecule has 0 atom stereocenters. The molecule has 0 aliphatic rings. The largest absolute Gasteiger partial charge is 0.302 e. The first kappa shape index (κ1) is 17.8. The molecule has 0 bridgehead atoms. The quantitative estimate of drug-likeness (QED) is 0.395. The third-order valence-corrected chi connectivity index (χ3v) is 4.45. The molecule has 0 aliphatic heterocycles. The number of carbonyl (C=O) groups excluding carboxylic acids is 1. The summed E-state index contributed by atoms with van der Waals surface area (Å²) in [6.45, 7) is 2.75. The van der Waals surface area contributed by atoms with Gasteiger partial charge in [-0.25, -0.2) is 5.43 Å². The molecule has 3 rings (SSSR count). The number of benzene rings is 1. The van der Waals surface area contributed by atoms with Crippen molar-refractivity contribution in [1.29, 1.82) is 0 Å². The molecule has 2 heterocycles. The van der Waals surface area contributed by atoms with E-state index in [1.54, 1.807) is 24.7 Å². The van der Waals surface area contributed by atoms with Gasteiger partial charge >= 0.3 is 0 Å². The van der Waals surface area contributed by atoms with Crippen molar-refractivity contribution in [3.05, 3.63) is 60.4 Å². The highest BCUT2D eigenvalue weighted by Crippen LogP contribution is 2.23. The van der Waals surface area contributed by atoms with Gasteiger partial charge in [0, 0.05) is 30.1 Å². The van der Waals surface area contributed by atoms with Gasteiger partial charge in [0.1, 0.15) is 0 Å². The molecule has 0 saturated carbocycles. The van der Waals surface area contributed by atoms with Crippen LogP contribution >= 0.6 is 11.8 Å². The van der Waals surface area contributed by atoms with Crippen LogP contribution in [-0.4, -0.2) is 37.6 Å². The van der Waals surface area contributed by atoms with Gasteiger partial charge in [0.15, 0.2) is 11.0 Å². The Bertz CT molecular complexity index is 879. The molecule has 0 spiro atoms. The lowest BCUT2D eigenvalue weighted by Gasteiger charge is -2.06. The molecule has 1 aromatic carbocycles. The van der Waals surface area contributed by atoms with E-state index in [0.717, 1.165) is 23.5 Å². The van der Waals surface area contributed by atoms with Crippen molar-refractivity contribution in [1.82, 2.24) is 25.2 Å². The molecule has 3 aromatic rings. The fraction of sp³-hybridized carbons (Fsp3) is 0.167. The molecule has 1 amide bonds. The summed E-state index contributed by atoms with van der Waals surface area (Å²) in [6, 6.07) is 13.5. The molecule has 0 aliphatic carbocycles. The maximum absolute atomic E-state index is 12.0. The van der Waals surface area contributed by atoms with E-state index in [9.17, 15) is 4.79 Å². The summed E-state index contributed by atoms with van der Waals surface area (Å²) in [7, 11) is 0. The fourth-order valence-corrected chi connectivity index (χ4v) is 3.07. The van der Waals surface area contributed by atoms with E-state index in [1.165, 1.54) is 11.8 Å². The summed E-state index contributed by atoms with van der Waals surface area (Å²) in [4.78, 5) is 15.9. The van der Waals surface area contributed by atoms with Gasteiger partial charge in [0.05, 0.1) is 12.0 Å². The van der Waals surface area contributed by atoms with Crippen LogP contribution in [0.4, 0.5) is 0 Å². The first-order valence-corrected chi connectivity index (χ1v) is 9.10. The number of rotatable bonds is 7. The average molecular weight is 366 g/mol. The molecule has 1 N–H and O–H groups in total. The van der Waals surface area contributed by atoms with Crippen molar-refractivity contribution in [3.8, 4) is 11.4 Å². The fourth-order valence-electron chi connectivity index (χ4n) is 2.27. The van der Waals surface area contributed by atoms with E-state index in [4.69, 9.17) is 0 Å². The molecule has 8 heteroatoms. The molecular weight excluding hydrogens is 348 g/mol. The molecular formula is C18H18N6OS. The Kier molecular flexibility index (Phi) is 6.10. The summed E-state index contributed by atoms with van der Waals surface area (Å²) in [5.74, 6) is 0.796. The van der Waals surface area contributed by atoms with Crippen LogP contribution in [0.2, 0.25) is 0 Å². The van der Waals surface area contributed by atoms with E-state index in [0.29, 0.717) is 5.16 Å². The predicted octanol–water partition coefficient (Wildman–Crippen LogP) is 2.60. The average Bonchev–Trinajstić information content (AvgIpc) is 3.11. The smallest absolute Gasteiger partial charge is 0.250 e. The Morgan fingerprint density at radius 1 is 1.23 bits per heavy atom. The molecule has 26 heavy (non-hydrogen) atoms. The Morgan fingerprint density at radius 2 is 2.08 bits per heavy atom. The van der Waals surface area contributed by atoms with Gasteiger partial charge in [-0.15, -0.1) is 10.2 Å². The SMILES string of the molecule is CCn1c(SCC(=O)N/N=C/c2cccnc2)nnc1-c1ccccc1. The number of pyridine rings is 1. The first-order chi connectivity index (χ1) is 12.8. The van der Waals surface area contributed by atoms with Crippen LogP contribution in [-0.2, 0) is 11.3 Å². The second-order valence-corrected chi connectivity index (χ2v) is 6.23. The van der Waals surface area contributed by atoms with Crippen LogP contribution in [0.15, 0.2) is 65.1 Å². The molecule has 0 saturated heterocycles. The zero-order chi connectivity index (χ0) is 18.2. The zero-order valence-electron chi connectivity index (χ0n) is 14.2. The normalized spacial score (nSPS) is 11.0. The highest BCUT2D eigenvalue weighted by atomic mass is 32.2. The third kappa shape index (κ3) is 4.54.